The summed E-state index contributed by atoms with van der Waals surface area (Å²) in [7, 11) is 0. The summed E-state index contributed by atoms with van der Waals surface area (Å²) in [6, 6.07) is 14.0. The Bertz CT molecular complexity index is 1250. The van der Waals surface area contributed by atoms with E-state index < -0.39 is 0 Å². The van der Waals surface area contributed by atoms with Gasteiger partial charge >= 0.3 is 0 Å². The van der Waals surface area contributed by atoms with E-state index in [9.17, 15) is 9.18 Å². The summed E-state index contributed by atoms with van der Waals surface area (Å²) in [5.41, 5.74) is 2.67. The fraction of sp³-hybridized carbons (Fsp3) is 0.227. The smallest absolute Gasteiger partial charge is 0.234 e. The molecule has 1 saturated carbocycles. The molecule has 6 nitrogen and oxygen atoms in total. The zero-order valence-electron chi connectivity index (χ0n) is 16.3. The Hall–Kier alpha value is -3.19. The first-order valence-corrected chi connectivity index (χ1v) is 10.1. The number of hydrogen-bond donors (Lipinski definition) is 1. The van der Waals surface area contributed by atoms with E-state index in [4.69, 9.17) is 16.6 Å². The van der Waals surface area contributed by atoms with Gasteiger partial charge in [0.1, 0.15) is 11.6 Å². The van der Waals surface area contributed by atoms with Gasteiger partial charge in [0, 0.05) is 22.6 Å². The molecule has 1 fully saturated rings. The number of halogens is 2. The molecule has 152 valence electrons. The van der Waals surface area contributed by atoms with Crippen LogP contribution in [0.3, 0.4) is 0 Å². The highest BCUT2D eigenvalue weighted by Crippen LogP contribution is 2.31. The van der Waals surface area contributed by atoms with Crippen LogP contribution in [-0.2, 0) is 11.3 Å². The number of nitrogens with one attached hydrogen (secondary N) is 1. The monoisotopic (exact) mass is 423 g/mol. The van der Waals surface area contributed by atoms with Crippen molar-refractivity contribution in [3.05, 3.63) is 70.6 Å². The van der Waals surface area contributed by atoms with E-state index in [1.54, 1.807) is 22.9 Å². The number of para-hydroxylation sites is 2. The zero-order chi connectivity index (χ0) is 20.8. The van der Waals surface area contributed by atoms with Gasteiger partial charge in [-0.1, -0.05) is 29.8 Å². The molecule has 0 aliphatic heterocycles. The Balaban J connectivity index is 1.65. The SMILES string of the molecule is Cc1cc(NC(=O)C2CC2)n(-c2nc3ccccc3n2Cc2c(F)cccc2Cl)n1. The van der Waals surface area contributed by atoms with Crippen molar-refractivity contribution >= 4 is 34.4 Å². The number of carbonyl (C=O) groups is 1. The standard InChI is InChI=1S/C22H19ClFN5O/c1-13-11-20(26-21(30)14-9-10-14)29(27-13)22-25-18-7-2-3-8-19(18)28(22)12-15-16(23)5-4-6-17(15)24/h2-8,11,14H,9-10,12H2,1H3,(H,26,30). The number of fused-ring (bicyclic) bond motifs is 1. The normalized spacial score (nSPS) is 13.7. The maximum absolute atomic E-state index is 14.5. The fourth-order valence-corrected chi connectivity index (χ4v) is 3.76. The van der Waals surface area contributed by atoms with Crippen LogP contribution in [0.5, 0.6) is 0 Å². The first kappa shape index (κ1) is 18.8. The molecule has 0 bridgehead atoms. The van der Waals surface area contributed by atoms with Gasteiger partial charge in [-0.3, -0.25) is 4.79 Å². The van der Waals surface area contributed by atoms with Crippen LogP contribution >= 0.6 is 11.6 Å². The molecule has 1 aliphatic carbocycles. The van der Waals surface area contributed by atoms with Crippen molar-refractivity contribution in [1.29, 1.82) is 0 Å². The third-order valence-corrected chi connectivity index (χ3v) is 5.59. The van der Waals surface area contributed by atoms with Crippen LogP contribution in [0.4, 0.5) is 10.2 Å². The quantitative estimate of drug-likeness (QED) is 0.505. The summed E-state index contributed by atoms with van der Waals surface area (Å²) in [5.74, 6) is 0.682. The number of benzene rings is 2. The largest absolute Gasteiger partial charge is 0.310 e. The summed E-state index contributed by atoms with van der Waals surface area (Å²) < 4.78 is 18.0. The van der Waals surface area contributed by atoms with Crippen LogP contribution in [0, 0.1) is 18.7 Å². The lowest BCUT2D eigenvalue weighted by Crippen LogP contribution is -2.18. The van der Waals surface area contributed by atoms with Gasteiger partial charge in [0.15, 0.2) is 0 Å². The van der Waals surface area contributed by atoms with Crippen molar-refractivity contribution in [2.45, 2.75) is 26.3 Å². The molecule has 2 aromatic carbocycles. The van der Waals surface area contributed by atoms with Crippen LogP contribution < -0.4 is 5.32 Å². The lowest BCUT2D eigenvalue weighted by atomic mass is 10.2. The number of aryl methyl sites for hydroxylation is 1. The van der Waals surface area contributed by atoms with Crippen LogP contribution in [0.2, 0.25) is 5.02 Å². The molecule has 2 aromatic heterocycles. The predicted molar refractivity (Wildman–Crippen MR) is 113 cm³/mol. The first-order valence-electron chi connectivity index (χ1n) is 9.77. The zero-order valence-corrected chi connectivity index (χ0v) is 17.0. The number of carbonyl (C=O) groups excluding carboxylic acids is 1. The Kier molecular flexibility index (Phi) is 4.55. The Labute approximate surface area is 177 Å². The summed E-state index contributed by atoms with van der Waals surface area (Å²) in [6.45, 7) is 2.03. The minimum absolute atomic E-state index is 0.0176. The first-order chi connectivity index (χ1) is 14.5. The van der Waals surface area contributed by atoms with Crippen LogP contribution in [-0.4, -0.2) is 25.2 Å². The molecule has 0 unspecified atom stereocenters. The van der Waals surface area contributed by atoms with E-state index in [0.29, 0.717) is 22.4 Å². The van der Waals surface area contributed by atoms with Gasteiger partial charge in [0.2, 0.25) is 11.9 Å². The number of imidazole rings is 1. The molecule has 1 amide bonds. The fourth-order valence-electron chi connectivity index (χ4n) is 3.54. The second kappa shape index (κ2) is 7.25. The van der Waals surface area contributed by atoms with Gasteiger partial charge in [0.25, 0.3) is 0 Å². The highest BCUT2D eigenvalue weighted by Gasteiger charge is 2.30. The number of nitrogens with zero attached hydrogens (tertiary/aromatic N) is 4. The van der Waals surface area contributed by atoms with Crippen molar-refractivity contribution in [1.82, 2.24) is 19.3 Å². The molecule has 5 rings (SSSR count). The van der Waals surface area contributed by atoms with Crippen LogP contribution in [0.1, 0.15) is 24.1 Å². The Morgan fingerprint density at radius 3 is 2.80 bits per heavy atom. The molecular formula is C22H19ClFN5O. The minimum atomic E-state index is -0.384. The van der Waals surface area contributed by atoms with Crippen LogP contribution in [0.25, 0.3) is 17.0 Å². The Morgan fingerprint density at radius 1 is 1.23 bits per heavy atom. The van der Waals surface area contributed by atoms with Gasteiger partial charge in [-0.25, -0.2) is 9.37 Å². The molecule has 0 radical (unpaired) electrons. The summed E-state index contributed by atoms with van der Waals surface area (Å²) >= 11 is 6.29. The maximum Gasteiger partial charge on any atom is 0.234 e. The van der Waals surface area contributed by atoms with E-state index in [0.717, 1.165) is 29.6 Å². The average molecular weight is 424 g/mol. The third kappa shape index (κ3) is 3.35. The van der Waals surface area contributed by atoms with E-state index in [1.807, 2.05) is 35.8 Å². The molecule has 0 saturated heterocycles. The highest BCUT2D eigenvalue weighted by molar-refractivity contribution is 6.31. The lowest BCUT2D eigenvalue weighted by Gasteiger charge is -2.13. The highest BCUT2D eigenvalue weighted by atomic mass is 35.5. The van der Waals surface area contributed by atoms with Gasteiger partial charge in [-0.2, -0.15) is 9.78 Å². The number of aromatic nitrogens is 4. The van der Waals surface area contributed by atoms with Gasteiger partial charge in [-0.15, -0.1) is 0 Å². The van der Waals surface area contributed by atoms with Crippen LogP contribution in [0.15, 0.2) is 48.5 Å². The molecule has 2 heterocycles. The van der Waals surface area contributed by atoms with Crippen molar-refractivity contribution < 1.29 is 9.18 Å². The maximum atomic E-state index is 14.5. The molecule has 4 aromatic rings. The second-order valence-corrected chi connectivity index (χ2v) is 7.94. The third-order valence-electron chi connectivity index (χ3n) is 5.23. The van der Waals surface area contributed by atoms with Crippen molar-refractivity contribution in [2.24, 2.45) is 5.92 Å². The molecule has 0 spiro atoms. The van der Waals surface area contributed by atoms with Crippen molar-refractivity contribution in [2.75, 3.05) is 5.32 Å². The lowest BCUT2D eigenvalue weighted by molar-refractivity contribution is -0.117. The number of hydrogen-bond acceptors (Lipinski definition) is 3. The number of rotatable bonds is 5. The minimum Gasteiger partial charge on any atom is -0.310 e. The molecule has 30 heavy (non-hydrogen) atoms. The van der Waals surface area contributed by atoms with Crippen molar-refractivity contribution in [3.8, 4) is 5.95 Å². The molecule has 0 atom stereocenters. The van der Waals surface area contributed by atoms with E-state index in [-0.39, 0.29) is 24.2 Å². The predicted octanol–water partition coefficient (Wildman–Crippen LogP) is 4.72. The van der Waals surface area contributed by atoms with Gasteiger partial charge in [-0.05, 0) is 44.0 Å². The summed E-state index contributed by atoms with van der Waals surface area (Å²) in [4.78, 5) is 17.1. The van der Waals surface area contributed by atoms with Gasteiger partial charge in [0.05, 0.1) is 23.3 Å². The van der Waals surface area contributed by atoms with E-state index in [2.05, 4.69) is 10.4 Å². The molecule has 8 heteroatoms. The number of amides is 1. The topological polar surface area (TPSA) is 64.7 Å². The molecular weight excluding hydrogens is 405 g/mol. The summed E-state index contributed by atoms with van der Waals surface area (Å²) in [6.07, 6.45) is 1.81. The molecule has 1 N–H and O–H groups in total. The summed E-state index contributed by atoms with van der Waals surface area (Å²) in [5, 5.41) is 7.85. The average Bonchev–Trinajstić information content (AvgIpc) is 3.43. The van der Waals surface area contributed by atoms with E-state index >= 15 is 0 Å². The van der Waals surface area contributed by atoms with E-state index in [1.165, 1.54) is 6.07 Å². The van der Waals surface area contributed by atoms with Crippen molar-refractivity contribution in [3.63, 3.8) is 0 Å². The number of anilines is 1. The van der Waals surface area contributed by atoms with Gasteiger partial charge < -0.3 is 9.88 Å². The molecule has 1 aliphatic rings. The second-order valence-electron chi connectivity index (χ2n) is 7.53. The Morgan fingerprint density at radius 2 is 2.03 bits per heavy atom.